The fourth-order valence-corrected chi connectivity index (χ4v) is 3.63. The third-order valence-corrected chi connectivity index (χ3v) is 5.41. The predicted octanol–water partition coefficient (Wildman–Crippen LogP) is 2.81. The van der Waals surface area contributed by atoms with Crippen LogP contribution in [0.15, 0.2) is 67.3 Å². The van der Waals surface area contributed by atoms with E-state index in [1.54, 1.807) is 24.7 Å². The molecule has 1 unspecified atom stereocenters. The summed E-state index contributed by atoms with van der Waals surface area (Å²) in [5.41, 5.74) is 4.12. The Morgan fingerprint density at radius 1 is 1.08 bits per heavy atom. The maximum atomic E-state index is 12.2. The summed E-state index contributed by atoms with van der Waals surface area (Å²) in [4.78, 5) is 39.6. The number of likely N-dealkylation sites (N-methyl/N-ethyl adjacent to an activating group) is 1. The quantitative estimate of drug-likeness (QED) is 0.461. The van der Waals surface area contributed by atoms with Gasteiger partial charge in [-0.3, -0.25) is 14.5 Å². The molecule has 190 valence electrons. The summed E-state index contributed by atoms with van der Waals surface area (Å²) in [7, 11) is 2.02. The van der Waals surface area contributed by atoms with E-state index >= 15 is 0 Å². The first-order valence-corrected chi connectivity index (χ1v) is 10.8. The van der Waals surface area contributed by atoms with E-state index in [-0.39, 0.29) is 6.04 Å². The molecule has 2 amide bonds. The first kappa shape index (κ1) is 26.4. The van der Waals surface area contributed by atoms with Crippen LogP contribution in [0.2, 0.25) is 0 Å². The normalized spacial score (nSPS) is 14.8. The molecule has 1 aliphatic rings. The second kappa shape index (κ2) is 11.5. The van der Waals surface area contributed by atoms with Crippen molar-refractivity contribution in [1.82, 2.24) is 19.8 Å². The van der Waals surface area contributed by atoms with Crippen LogP contribution in [0.5, 0.6) is 0 Å². The molecule has 1 aromatic heterocycles. The monoisotopic (exact) mass is 503 g/mol. The zero-order chi connectivity index (χ0) is 26.3. The predicted molar refractivity (Wildman–Crippen MR) is 124 cm³/mol. The summed E-state index contributed by atoms with van der Waals surface area (Å²) in [6.45, 7) is 1.93. The average molecular weight is 503 g/mol. The van der Waals surface area contributed by atoms with Gasteiger partial charge in [0.1, 0.15) is 0 Å². The van der Waals surface area contributed by atoms with E-state index in [1.165, 1.54) is 11.1 Å². The van der Waals surface area contributed by atoms with Crippen LogP contribution in [0.1, 0.15) is 22.7 Å². The van der Waals surface area contributed by atoms with Crippen LogP contribution in [0.25, 0.3) is 0 Å². The minimum atomic E-state index is -5.08. The number of nitrogens with one attached hydrogen (secondary N) is 2. The van der Waals surface area contributed by atoms with E-state index in [0.29, 0.717) is 18.8 Å². The summed E-state index contributed by atoms with van der Waals surface area (Å²) >= 11 is 0. The van der Waals surface area contributed by atoms with E-state index in [0.717, 1.165) is 12.1 Å². The number of alkyl halides is 3. The second-order valence-corrected chi connectivity index (χ2v) is 8.03. The van der Waals surface area contributed by atoms with Crippen molar-refractivity contribution >= 4 is 23.5 Å². The Morgan fingerprint density at radius 2 is 1.75 bits per heavy atom. The van der Waals surface area contributed by atoms with Crippen molar-refractivity contribution < 1.29 is 32.7 Å². The molecule has 0 aliphatic carbocycles. The second-order valence-electron chi connectivity index (χ2n) is 8.03. The lowest BCUT2D eigenvalue weighted by Gasteiger charge is -2.20. The largest absolute Gasteiger partial charge is 0.490 e. The van der Waals surface area contributed by atoms with Gasteiger partial charge in [-0.15, -0.1) is 0 Å². The number of rotatable bonds is 5. The van der Waals surface area contributed by atoms with Gasteiger partial charge in [0.2, 0.25) is 0 Å². The number of fused-ring (bicyclic) bond motifs is 1. The fraction of sp³-hybridized carbons (Fsp3) is 0.250. The number of carbonyl (C=O) groups is 3. The van der Waals surface area contributed by atoms with Crippen molar-refractivity contribution in [2.24, 2.45) is 0 Å². The highest BCUT2D eigenvalue weighted by Crippen LogP contribution is 2.31. The molecule has 2 heterocycles. The number of aromatic nitrogens is 2. The third-order valence-electron chi connectivity index (χ3n) is 5.41. The standard InChI is InChI=1S/C22H23N5O2.C2HF3O2/c1-26-14-17-4-2-3-5-19(17)20(26)12-24-21(28)22(29)25-18-8-6-16(7-9-18)13-27-11-10-23-15-27;3-2(4,5)1(6)7/h2-11,15,20H,12-14H2,1H3,(H,24,28)(H,25,29);(H,6,7). The zero-order valence-electron chi connectivity index (χ0n) is 19.2. The number of carbonyl (C=O) groups excluding carboxylic acids is 2. The van der Waals surface area contributed by atoms with Gasteiger partial charge >= 0.3 is 24.0 Å². The van der Waals surface area contributed by atoms with Gasteiger partial charge in [-0.1, -0.05) is 36.4 Å². The number of carboxylic acids is 1. The van der Waals surface area contributed by atoms with Crippen molar-refractivity contribution in [3.63, 3.8) is 0 Å². The molecule has 0 saturated carbocycles. The van der Waals surface area contributed by atoms with Gasteiger partial charge < -0.3 is 20.3 Å². The maximum Gasteiger partial charge on any atom is 0.490 e. The van der Waals surface area contributed by atoms with E-state index in [4.69, 9.17) is 9.90 Å². The SMILES string of the molecule is CN1Cc2ccccc2C1CNC(=O)C(=O)Nc1ccc(Cn2ccnc2)cc1.O=C(O)C(F)(F)F. The van der Waals surface area contributed by atoms with Gasteiger partial charge in [0.25, 0.3) is 0 Å². The molecule has 36 heavy (non-hydrogen) atoms. The molecular formula is C24H24F3N5O4. The first-order chi connectivity index (χ1) is 17.0. The molecule has 12 heteroatoms. The van der Waals surface area contributed by atoms with Gasteiger partial charge in [-0.25, -0.2) is 9.78 Å². The van der Waals surface area contributed by atoms with Crippen molar-refractivity contribution in [1.29, 1.82) is 0 Å². The van der Waals surface area contributed by atoms with Crippen LogP contribution in [0.3, 0.4) is 0 Å². The molecule has 3 N–H and O–H groups in total. The number of aliphatic carboxylic acids is 1. The molecule has 1 atom stereocenters. The summed E-state index contributed by atoms with van der Waals surface area (Å²) < 4.78 is 33.7. The highest BCUT2D eigenvalue weighted by Gasteiger charge is 2.38. The molecule has 0 radical (unpaired) electrons. The van der Waals surface area contributed by atoms with Crippen molar-refractivity contribution in [3.8, 4) is 0 Å². The Bertz CT molecular complexity index is 1200. The highest BCUT2D eigenvalue weighted by molar-refractivity contribution is 6.39. The van der Waals surface area contributed by atoms with Gasteiger partial charge in [0.15, 0.2) is 0 Å². The first-order valence-electron chi connectivity index (χ1n) is 10.8. The van der Waals surface area contributed by atoms with E-state index in [9.17, 15) is 22.8 Å². The van der Waals surface area contributed by atoms with Crippen molar-refractivity contribution in [2.75, 3.05) is 18.9 Å². The zero-order valence-corrected chi connectivity index (χ0v) is 19.2. The van der Waals surface area contributed by atoms with E-state index in [1.807, 2.05) is 42.1 Å². The molecule has 0 fully saturated rings. The lowest BCUT2D eigenvalue weighted by atomic mass is 10.1. The number of halogens is 3. The van der Waals surface area contributed by atoms with Crippen LogP contribution in [-0.4, -0.2) is 57.1 Å². The van der Waals surface area contributed by atoms with Crippen LogP contribution in [0, 0.1) is 0 Å². The summed E-state index contributed by atoms with van der Waals surface area (Å²) in [6, 6.07) is 15.7. The number of benzene rings is 2. The third kappa shape index (κ3) is 7.15. The van der Waals surface area contributed by atoms with Crippen molar-refractivity contribution in [3.05, 3.63) is 83.9 Å². The molecule has 2 aromatic carbocycles. The van der Waals surface area contributed by atoms with Crippen LogP contribution < -0.4 is 10.6 Å². The number of anilines is 1. The Balaban J connectivity index is 0.000000454. The number of hydrogen-bond acceptors (Lipinski definition) is 5. The molecule has 0 bridgehead atoms. The highest BCUT2D eigenvalue weighted by atomic mass is 19.4. The van der Waals surface area contributed by atoms with E-state index in [2.05, 4.69) is 32.7 Å². The Kier molecular flexibility index (Phi) is 8.43. The number of hydrogen-bond donors (Lipinski definition) is 3. The average Bonchev–Trinajstić information content (AvgIpc) is 3.45. The molecule has 9 nitrogen and oxygen atoms in total. The molecule has 0 spiro atoms. The van der Waals surface area contributed by atoms with E-state index < -0.39 is 24.0 Å². The fourth-order valence-electron chi connectivity index (χ4n) is 3.63. The molecule has 4 rings (SSSR count). The van der Waals surface area contributed by atoms with Crippen molar-refractivity contribution in [2.45, 2.75) is 25.3 Å². The lowest BCUT2D eigenvalue weighted by molar-refractivity contribution is -0.192. The summed E-state index contributed by atoms with van der Waals surface area (Å²) in [5.74, 6) is -4.06. The number of amides is 2. The topological polar surface area (TPSA) is 117 Å². The van der Waals surface area contributed by atoms with Gasteiger partial charge in [0.05, 0.1) is 12.4 Å². The minimum absolute atomic E-state index is 0.0745. The Hall–Kier alpha value is -4.19. The lowest BCUT2D eigenvalue weighted by Crippen LogP contribution is -2.39. The van der Waals surface area contributed by atoms with Gasteiger partial charge in [0, 0.05) is 37.7 Å². The van der Waals surface area contributed by atoms with Gasteiger partial charge in [-0.2, -0.15) is 13.2 Å². The molecule has 1 aliphatic heterocycles. The Labute approximate surface area is 204 Å². The Morgan fingerprint density at radius 3 is 2.36 bits per heavy atom. The number of imidazole rings is 1. The summed E-state index contributed by atoms with van der Waals surface area (Å²) in [6.07, 6.45) is 0.287. The number of carboxylic acid groups (broad SMARTS) is 1. The van der Waals surface area contributed by atoms with Crippen LogP contribution in [-0.2, 0) is 27.5 Å². The minimum Gasteiger partial charge on any atom is -0.475 e. The molecule has 0 saturated heterocycles. The maximum absolute atomic E-state index is 12.2. The smallest absolute Gasteiger partial charge is 0.475 e. The molecular weight excluding hydrogens is 479 g/mol. The van der Waals surface area contributed by atoms with Crippen LogP contribution in [0.4, 0.5) is 18.9 Å². The number of nitrogens with zero attached hydrogens (tertiary/aromatic N) is 3. The van der Waals surface area contributed by atoms with Crippen LogP contribution >= 0.6 is 0 Å². The van der Waals surface area contributed by atoms with Gasteiger partial charge in [-0.05, 0) is 35.9 Å². The summed E-state index contributed by atoms with van der Waals surface area (Å²) in [5, 5.41) is 12.5. The molecule has 3 aromatic rings.